The minimum atomic E-state index is -0.268. The Labute approximate surface area is 104 Å². The number of piperidine rings is 1. The predicted octanol–water partition coefficient (Wildman–Crippen LogP) is 1.65. The van der Waals surface area contributed by atoms with Gasteiger partial charge in [0.1, 0.15) is 0 Å². The molecule has 0 aromatic heterocycles. The van der Waals surface area contributed by atoms with Gasteiger partial charge in [-0.3, -0.25) is 4.79 Å². The molecular weight excluding hydrogens is 224 g/mol. The van der Waals surface area contributed by atoms with Crippen molar-refractivity contribution in [1.82, 2.24) is 4.90 Å². The Bertz CT molecular complexity index is 266. The monoisotopic (exact) mass is 246 g/mol. The van der Waals surface area contributed by atoms with Crippen LogP contribution >= 0.6 is 12.4 Å². The summed E-state index contributed by atoms with van der Waals surface area (Å²) in [5.41, 5.74) is 6.32. The van der Waals surface area contributed by atoms with E-state index < -0.39 is 0 Å². The van der Waals surface area contributed by atoms with E-state index >= 15 is 0 Å². The Morgan fingerprint density at radius 3 is 2.38 bits per heavy atom. The molecule has 1 amide bonds. The van der Waals surface area contributed by atoms with E-state index in [0.717, 1.165) is 37.8 Å². The molecule has 0 bridgehead atoms. The first-order chi connectivity index (χ1) is 6.98. The summed E-state index contributed by atoms with van der Waals surface area (Å²) >= 11 is 0. The number of hydrogen-bond acceptors (Lipinski definition) is 2. The van der Waals surface area contributed by atoms with Crippen LogP contribution in [0, 0.1) is 17.3 Å². The minimum Gasteiger partial charge on any atom is -0.341 e. The molecule has 1 saturated heterocycles. The smallest absolute Gasteiger partial charge is 0.239 e. The van der Waals surface area contributed by atoms with Gasteiger partial charge in [-0.2, -0.15) is 0 Å². The Kier molecular flexibility index (Phi) is 3.91. The average Bonchev–Trinajstić information content (AvgIpc) is 2.60. The third kappa shape index (κ3) is 2.07. The minimum absolute atomic E-state index is 0. The molecule has 16 heavy (non-hydrogen) atoms. The third-order valence-electron chi connectivity index (χ3n) is 4.35. The molecule has 1 aliphatic heterocycles. The van der Waals surface area contributed by atoms with Crippen molar-refractivity contribution in [2.24, 2.45) is 23.0 Å². The number of carbonyl (C=O) groups excluding carboxylic acids is 1. The first-order valence-corrected chi connectivity index (χ1v) is 6.02. The molecule has 0 radical (unpaired) electrons. The molecule has 94 valence electrons. The molecule has 2 rings (SSSR count). The molecule has 0 aromatic rings. The molecule has 0 spiro atoms. The van der Waals surface area contributed by atoms with E-state index in [1.807, 2.05) is 4.90 Å². The summed E-state index contributed by atoms with van der Waals surface area (Å²) in [7, 11) is 0. The largest absolute Gasteiger partial charge is 0.341 e. The van der Waals surface area contributed by atoms with Crippen molar-refractivity contribution < 1.29 is 4.79 Å². The number of rotatable bonds is 3. The van der Waals surface area contributed by atoms with Gasteiger partial charge in [0, 0.05) is 13.1 Å². The molecular formula is C12H23ClN2O. The molecule has 2 fully saturated rings. The molecule has 2 N–H and O–H groups in total. The van der Waals surface area contributed by atoms with Crippen LogP contribution in [0.3, 0.4) is 0 Å². The standard InChI is InChI=1S/C12H22N2O.ClH/c1-4-5-10(13)11(15)14-6-8-9(7-14)12(8,2)3;/h8-10H,4-7,13H2,1-3H3;1H. The van der Waals surface area contributed by atoms with Gasteiger partial charge in [-0.15, -0.1) is 12.4 Å². The molecule has 3 atom stereocenters. The van der Waals surface area contributed by atoms with Gasteiger partial charge in [0.2, 0.25) is 5.91 Å². The first-order valence-electron chi connectivity index (χ1n) is 6.02. The fraction of sp³-hybridized carbons (Fsp3) is 0.917. The van der Waals surface area contributed by atoms with E-state index in [4.69, 9.17) is 5.73 Å². The van der Waals surface area contributed by atoms with Gasteiger partial charge in [0.15, 0.2) is 0 Å². The van der Waals surface area contributed by atoms with Crippen molar-refractivity contribution in [3.05, 3.63) is 0 Å². The van der Waals surface area contributed by atoms with Gasteiger partial charge >= 0.3 is 0 Å². The van der Waals surface area contributed by atoms with Gasteiger partial charge < -0.3 is 10.6 Å². The van der Waals surface area contributed by atoms with Gasteiger partial charge in [-0.05, 0) is 23.7 Å². The highest BCUT2D eigenvalue weighted by molar-refractivity contribution is 5.85. The van der Waals surface area contributed by atoms with E-state index in [1.165, 1.54) is 0 Å². The molecule has 4 heteroatoms. The van der Waals surface area contributed by atoms with Crippen LogP contribution in [0.4, 0.5) is 0 Å². The fourth-order valence-corrected chi connectivity index (χ4v) is 2.98. The maximum atomic E-state index is 11.9. The molecule has 2 aliphatic rings. The van der Waals surface area contributed by atoms with E-state index in [1.54, 1.807) is 0 Å². The molecule has 1 heterocycles. The highest BCUT2D eigenvalue weighted by Crippen LogP contribution is 2.61. The molecule has 1 saturated carbocycles. The summed E-state index contributed by atoms with van der Waals surface area (Å²) < 4.78 is 0. The number of fused-ring (bicyclic) bond motifs is 1. The van der Waals surface area contributed by atoms with Crippen LogP contribution in [0.1, 0.15) is 33.6 Å². The van der Waals surface area contributed by atoms with Crippen molar-refractivity contribution in [2.75, 3.05) is 13.1 Å². The zero-order valence-electron chi connectivity index (χ0n) is 10.4. The Morgan fingerprint density at radius 2 is 1.94 bits per heavy atom. The number of halogens is 1. The number of hydrogen-bond donors (Lipinski definition) is 1. The predicted molar refractivity (Wildman–Crippen MR) is 67.5 cm³/mol. The van der Waals surface area contributed by atoms with Gasteiger partial charge in [-0.25, -0.2) is 0 Å². The van der Waals surface area contributed by atoms with Crippen LogP contribution in [0.25, 0.3) is 0 Å². The summed E-state index contributed by atoms with van der Waals surface area (Å²) in [6.45, 7) is 8.55. The van der Waals surface area contributed by atoms with Crippen LogP contribution in [0.5, 0.6) is 0 Å². The topological polar surface area (TPSA) is 46.3 Å². The second-order valence-corrected chi connectivity index (χ2v) is 5.67. The number of nitrogens with zero attached hydrogens (tertiary/aromatic N) is 1. The first kappa shape index (κ1) is 13.8. The van der Waals surface area contributed by atoms with E-state index in [0.29, 0.717) is 5.41 Å². The zero-order valence-corrected chi connectivity index (χ0v) is 11.2. The Balaban J connectivity index is 0.00000128. The molecule has 3 unspecified atom stereocenters. The van der Waals surface area contributed by atoms with E-state index in [9.17, 15) is 4.79 Å². The number of amides is 1. The van der Waals surface area contributed by atoms with Gasteiger partial charge in [0.25, 0.3) is 0 Å². The number of carbonyl (C=O) groups is 1. The lowest BCUT2D eigenvalue weighted by molar-refractivity contribution is -0.132. The molecule has 3 nitrogen and oxygen atoms in total. The summed E-state index contributed by atoms with van der Waals surface area (Å²) in [5.74, 6) is 1.63. The number of nitrogens with two attached hydrogens (primary N) is 1. The lowest BCUT2D eigenvalue weighted by Gasteiger charge is -2.24. The summed E-state index contributed by atoms with van der Waals surface area (Å²) in [6, 6.07) is -0.268. The lowest BCUT2D eigenvalue weighted by Crippen LogP contribution is -2.44. The number of likely N-dealkylation sites (tertiary alicyclic amines) is 1. The van der Waals surface area contributed by atoms with Gasteiger partial charge in [-0.1, -0.05) is 27.2 Å². The van der Waals surface area contributed by atoms with E-state index in [2.05, 4.69) is 20.8 Å². The highest BCUT2D eigenvalue weighted by atomic mass is 35.5. The second-order valence-electron chi connectivity index (χ2n) is 5.67. The maximum Gasteiger partial charge on any atom is 0.239 e. The second kappa shape index (κ2) is 4.53. The fourth-order valence-electron chi connectivity index (χ4n) is 2.98. The average molecular weight is 247 g/mol. The van der Waals surface area contributed by atoms with Crippen molar-refractivity contribution in [3.8, 4) is 0 Å². The van der Waals surface area contributed by atoms with Crippen molar-refractivity contribution in [2.45, 2.75) is 39.7 Å². The lowest BCUT2D eigenvalue weighted by atomic mass is 10.1. The summed E-state index contributed by atoms with van der Waals surface area (Å²) in [6.07, 6.45) is 1.80. The van der Waals surface area contributed by atoms with Crippen molar-refractivity contribution in [1.29, 1.82) is 0 Å². The van der Waals surface area contributed by atoms with Crippen LogP contribution < -0.4 is 5.73 Å². The summed E-state index contributed by atoms with van der Waals surface area (Å²) in [4.78, 5) is 13.9. The van der Waals surface area contributed by atoms with Crippen LogP contribution in [0.15, 0.2) is 0 Å². The van der Waals surface area contributed by atoms with Crippen molar-refractivity contribution >= 4 is 18.3 Å². The van der Waals surface area contributed by atoms with Gasteiger partial charge in [0.05, 0.1) is 6.04 Å². The molecule has 0 aromatic carbocycles. The third-order valence-corrected chi connectivity index (χ3v) is 4.35. The zero-order chi connectivity index (χ0) is 11.2. The maximum absolute atomic E-state index is 11.9. The summed E-state index contributed by atoms with van der Waals surface area (Å²) in [5, 5.41) is 0. The van der Waals surface area contributed by atoms with E-state index in [-0.39, 0.29) is 24.4 Å². The van der Waals surface area contributed by atoms with Crippen LogP contribution in [-0.2, 0) is 4.79 Å². The Morgan fingerprint density at radius 1 is 1.44 bits per heavy atom. The van der Waals surface area contributed by atoms with Crippen molar-refractivity contribution in [3.63, 3.8) is 0 Å². The SMILES string of the molecule is CCCC(N)C(=O)N1CC2C(C1)C2(C)C.Cl. The van der Waals surface area contributed by atoms with Crippen LogP contribution in [0.2, 0.25) is 0 Å². The van der Waals surface area contributed by atoms with Crippen LogP contribution in [-0.4, -0.2) is 29.9 Å². The quantitative estimate of drug-likeness (QED) is 0.823. The normalized spacial score (nSPS) is 31.6. The Hall–Kier alpha value is -0.280. The molecule has 1 aliphatic carbocycles. The highest BCUT2D eigenvalue weighted by Gasteiger charge is 2.62.